The maximum absolute atomic E-state index is 11.5. The molecular formula is C11H18N2O2. The molecule has 0 aliphatic heterocycles. The summed E-state index contributed by atoms with van der Waals surface area (Å²) in [6.07, 6.45) is 1.24. The van der Waals surface area contributed by atoms with Gasteiger partial charge in [-0.15, -0.1) is 0 Å². The van der Waals surface area contributed by atoms with Crippen LogP contribution in [-0.4, -0.2) is 24.4 Å². The van der Waals surface area contributed by atoms with E-state index in [-0.39, 0.29) is 5.91 Å². The third-order valence-electron chi connectivity index (χ3n) is 2.21. The first-order chi connectivity index (χ1) is 7.13. The Morgan fingerprint density at radius 1 is 1.53 bits per heavy atom. The van der Waals surface area contributed by atoms with E-state index in [2.05, 4.69) is 0 Å². The van der Waals surface area contributed by atoms with Crippen LogP contribution in [0.1, 0.15) is 24.4 Å². The van der Waals surface area contributed by atoms with Crippen LogP contribution < -0.4 is 5.73 Å². The fourth-order valence-electron chi connectivity index (χ4n) is 1.34. The molecule has 2 N–H and O–H groups in total. The number of carbonyl (C=O) groups excluding carboxylic acids is 1. The predicted octanol–water partition coefficient (Wildman–Crippen LogP) is 1.29. The van der Waals surface area contributed by atoms with E-state index in [1.54, 1.807) is 11.9 Å². The lowest BCUT2D eigenvalue weighted by Gasteiger charge is -2.15. The third kappa shape index (κ3) is 3.75. The number of furan rings is 1. The van der Waals surface area contributed by atoms with Gasteiger partial charge in [0.05, 0.1) is 6.54 Å². The predicted molar refractivity (Wildman–Crippen MR) is 58.2 cm³/mol. The van der Waals surface area contributed by atoms with Crippen molar-refractivity contribution in [1.29, 1.82) is 0 Å². The Labute approximate surface area is 90.0 Å². The quantitative estimate of drug-likeness (QED) is 0.796. The Morgan fingerprint density at radius 3 is 2.80 bits per heavy atom. The van der Waals surface area contributed by atoms with E-state index in [1.165, 1.54) is 0 Å². The largest absolute Gasteiger partial charge is 0.464 e. The SMILES string of the molecule is Cc1ccc(CN(C)C(=O)CCCN)o1. The molecule has 1 amide bonds. The first-order valence-corrected chi connectivity index (χ1v) is 5.13. The van der Waals surface area contributed by atoms with Crippen molar-refractivity contribution in [3.63, 3.8) is 0 Å². The molecule has 0 spiro atoms. The summed E-state index contributed by atoms with van der Waals surface area (Å²) in [5.41, 5.74) is 5.34. The molecular weight excluding hydrogens is 192 g/mol. The van der Waals surface area contributed by atoms with Crippen molar-refractivity contribution < 1.29 is 9.21 Å². The highest BCUT2D eigenvalue weighted by molar-refractivity contribution is 5.75. The van der Waals surface area contributed by atoms with Gasteiger partial charge in [-0.25, -0.2) is 0 Å². The second kappa shape index (κ2) is 5.56. The number of amides is 1. The molecule has 0 atom stereocenters. The van der Waals surface area contributed by atoms with E-state index < -0.39 is 0 Å². The van der Waals surface area contributed by atoms with Gasteiger partial charge >= 0.3 is 0 Å². The van der Waals surface area contributed by atoms with E-state index in [1.807, 2.05) is 19.1 Å². The van der Waals surface area contributed by atoms with E-state index in [9.17, 15) is 4.79 Å². The van der Waals surface area contributed by atoms with Crippen molar-refractivity contribution in [2.75, 3.05) is 13.6 Å². The van der Waals surface area contributed by atoms with Gasteiger partial charge in [0, 0.05) is 13.5 Å². The van der Waals surface area contributed by atoms with Crippen LogP contribution in [0.4, 0.5) is 0 Å². The van der Waals surface area contributed by atoms with E-state index in [0.717, 1.165) is 17.9 Å². The molecule has 1 aromatic heterocycles. The summed E-state index contributed by atoms with van der Waals surface area (Å²) >= 11 is 0. The molecule has 4 heteroatoms. The molecule has 0 aliphatic carbocycles. The highest BCUT2D eigenvalue weighted by atomic mass is 16.3. The molecule has 0 aromatic carbocycles. The zero-order valence-corrected chi connectivity index (χ0v) is 9.32. The van der Waals surface area contributed by atoms with Gasteiger partial charge in [0.25, 0.3) is 0 Å². The van der Waals surface area contributed by atoms with Crippen LogP contribution in [-0.2, 0) is 11.3 Å². The molecule has 0 aliphatic rings. The molecule has 1 heterocycles. The second-order valence-electron chi connectivity index (χ2n) is 3.65. The first-order valence-electron chi connectivity index (χ1n) is 5.13. The van der Waals surface area contributed by atoms with Gasteiger partial charge < -0.3 is 15.1 Å². The van der Waals surface area contributed by atoms with Gasteiger partial charge in [-0.1, -0.05) is 0 Å². The van der Waals surface area contributed by atoms with Crippen molar-refractivity contribution in [1.82, 2.24) is 4.90 Å². The van der Waals surface area contributed by atoms with Gasteiger partial charge in [-0.05, 0) is 32.0 Å². The Morgan fingerprint density at radius 2 is 2.27 bits per heavy atom. The normalized spacial score (nSPS) is 10.3. The monoisotopic (exact) mass is 210 g/mol. The number of rotatable bonds is 5. The van der Waals surface area contributed by atoms with Crippen molar-refractivity contribution in [2.24, 2.45) is 5.73 Å². The topological polar surface area (TPSA) is 59.5 Å². The van der Waals surface area contributed by atoms with Crippen LogP contribution in [0.3, 0.4) is 0 Å². The fourth-order valence-corrected chi connectivity index (χ4v) is 1.34. The molecule has 0 radical (unpaired) electrons. The summed E-state index contributed by atoms with van der Waals surface area (Å²) in [7, 11) is 1.77. The lowest BCUT2D eigenvalue weighted by molar-refractivity contribution is -0.130. The smallest absolute Gasteiger partial charge is 0.222 e. The Kier molecular flexibility index (Phi) is 4.37. The van der Waals surface area contributed by atoms with Crippen molar-refractivity contribution in [3.05, 3.63) is 23.7 Å². The number of hydrogen-bond acceptors (Lipinski definition) is 3. The summed E-state index contributed by atoms with van der Waals surface area (Å²) < 4.78 is 5.39. The fraction of sp³-hybridized carbons (Fsp3) is 0.545. The molecule has 84 valence electrons. The van der Waals surface area contributed by atoms with Gasteiger partial charge in [-0.2, -0.15) is 0 Å². The molecule has 1 rings (SSSR count). The van der Waals surface area contributed by atoms with Crippen LogP contribution in [0.25, 0.3) is 0 Å². The van der Waals surface area contributed by atoms with Crippen LogP contribution in [0.15, 0.2) is 16.5 Å². The Hall–Kier alpha value is -1.29. The Bertz CT molecular complexity index is 320. The molecule has 0 saturated carbocycles. The lowest BCUT2D eigenvalue weighted by atomic mass is 10.3. The number of nitrogens with zero attached hydrogens (tertiary/aromatic N) is 1. The van der Waals surface area contributed by atoms with Crippen LogP contribution >= 0.6 is 0 Å². The molecule has 1 aromatic rings. The summed E-state index contributed by atoms with van der Waals surface area (Å²) in [4.78, 5) is 13.2. The number of hydrogen-bond donors (Lipinski definition) is 1. The third-order valence-corrected chi connectivity index (χ3v) is 2.21. The van der Waals surface area contributed by atoms with Crippen molar-refractivity contribution in [3.8, 4) is 0 Å². The minimum absolute atomic E-state index is 0.106. The maximum Gasteiger partial charge on any atom is 0.222 e. The van der Waals surface area contributed by atoms with E-state index in [0.29, 0.717) is 19.5 Å². The zero-order valence-electron chi connectivity index (χ0n) is 9.32. The Balaban J connectivity index is 2.41. The van der Waals surface area contributed by atoms with Gasteiger partial charge in [-0.3, -0.25) is 4.79 Å². The highest BCUT2D eigenvalue weighted by Crippen LogP contribution is 2.09. The summed E-state index contributed by atoms with van der Waals surface area (Å²) in [5, 5.41) is 0. The minimum Gasteiger partial charge on any atom is -0.464 e. The summed E-state index contributed by atoms with van der Waals surface area (Å²) in [6, 6.07) is 3.79. The average molecular weight is 210 g/mol. The maximum atomic E-state index is 11.5. The van der Waals surface area contributed by atoms with Crippen molar-refractivity contribution >= 4 is 5.91 Å². The number of nitrogens with two attached hydrogens (primary N) is 1. The molecule has 0 saturated heterocycles. The van der Waals surface area contributed by atoms with Gasteiger partial charge in [0.15, 0.2) is 0 Å². The molecule has 0 fully saturated rings. The second-order valence-corrected chi connectivity index (χ2v) is 3.65. The van der Waals surface area contributed by atoms with E-state index >= 15 is 0 Å². The van der Waals surface area contributed by atoms with Crippen molar-refractivity contribution in [2.45, 2.75) is 26.3 Å². The first kappa shape index (κ1) is 11.8. The number of aryl methyl sites for hydroxylation is 1. The molecule has 15 heavy (non-hydrogen) atoms. The molecule has 0 bridgehead atoms. The molecule has 4 nitrogen and oxygen atoms in total. The van der Waals surface area contributed by atoms with Gasteiger partial charge in [0.1, 0.15) is 11.5 Å². The molecule has 0 unspecified atom stereocenters. The minimum atomic E-state index is 0.106. The zero-order chi connectivity index (χ0) is 11.3. The number of carbonyl (C=O) groups is 1. The standard InChI is InChI=1S/C11H18N2O2/c1-9-5-6-10(15-9)8-13(2)11(14)4-3-7-12/h5-6H,3-4,7-8,12H2,1-2H3. The van der Waals surface area contributed by atoms with Crippen LogP contribution in [0.2, 0.25) is 0 Å². The van der Waals surface area contributed by atoms with Crippen LogP contribution in [0.5, 0.6) is 0 Å². The highest BCUT2D eigenvalue weighted by Gasteiger charge is 2.10. The lowest BCUT2D eigenvalue weighted by Crippen LogP contribution is -2.26. The average Bonchev–Trinajstić information content (AvgIpc) is 2.60. The van der Waals surface area contributed by atoms with Crippen LogP contribution in [0, 0.1) is 6.92 Å². The van der Waals surface area contributed by atoms with E-state index in [4.69, 9.17) is 10.2 Å². The van der Waals surface area contributed by atoms with Gasteiger partial charge in [0.2, 0.25) is 5.91 Å². The summed E-state index contributed by atoms with van der Waals surface area (Å²) in [6.45, 7) is 2.97. The summed E-state index contributed by atoms with van der Waals surface area (Å²) in [5.74, 6) is 1.79.